The van der Waals surface area contributed by atoms with Crippen LogP contribution in [0, 0.1) is 12.8 Å². The number of hydrogen-bond donors (Lipinski definition) is 1. The molecule has 0 fully saturated rings. The zero-order chi connectivity index (χ0) is 12.6. The smallest absolute Gasteiger partial charge is 0.167 e. The Hall–Kier alpha value is -1.57. The van der Waals surface area contributed by atoms with E-state index in [1.54, 1.807) is 0 Å². The zero-order valence-electron chi connectivity index (χ0n) is 10.9. The van der Waals surface area contributed by atoms with Crippen LogP contribution in [0.2, 0.25) is 0 Å². The van der Waals surface area contributed by atoms with Crippen molar-refractivity contribution in [1.29, 1.82) is 0 Å². The van der Waals surface area contributed by atoms with Gasteiger partial charge in [0, 0.05) is 28.1 Å². The van der Waals surface area contributed by atoms with Crippen molar-refractivity contribution < 1.29 is 4.79 Å². The normalized spacial score (nSPS) is 11.4. The molecule has 0 saturated heterocycles. The number of carbonyl (C=O) groups excluding carboxylic acids is 1. The summed E-state index contributed by atoms with van der Waals surface area (Å²) in [6.07, 6.45) is 0.996. The Balaban J connectivity index is 2.68. The maximum atomic E-state index is 12.2. The van der Waals surface area contributed by atoms with Gasteiger partial charge in [-0.1, -0.05) is 26.8 Å². The molecule has 0 saturated carbocycles. The van der Waals surface area contributed by atoms with Crippen molar-refractivity contribution in [3.63, 3.8) is 0 Å². The third-order valence-corrected chi connectivity index (χ3v) is 3.23. The average Bonchev–Trinajstić information content (AvgIpc) is 2.62. The van der Waals surface area contributed by atoms with Crippen LogP contribution in [0.15, 0.2) is 18.2 Å². The summed E-state index contributed by atoms with van der Waals surface area (Å²) in [6, 6.07) is 6.31. The van der Waals surface area contributed by atoms with E-state index < -0.39 is 0 Å². The lowest BCUT2D eigenvalue weighted by Gasteiger charge is -2.04. The Kier molecular flexibility index (Phi) is 3.05. The molecular weight excluding hydrogens is 210 g/mol. The van der Waals surface area contributed by atoms with Crippen LogP contribution in [0.4, 0.5) is 0 Å². The summed E-state index contributed by atoms with van der Waals surface area (Å²) in [7, 11) is 0. The fourth-order valence-corrected chi connectivity index (χ4v) is 2.20. The van der Waals surface area contributed by atoms with E-state index in [0.29, 0.717) is 0 Å². The number of ketones is 1. The quantitative estimate of drug-likeness (QED) is 0.796. The lowest BCUT2D eigenvalue weighted by molar-refractivity contribution is 0.0940. The molecule has 1 N–H and O–H groups in total. The van der Waals surface area contributed by atoms with Gasteiger partial charge in [-0.05, 0) is 31.0 Å². The van der Waals surface area contributed by atoms with Gasteiger partial charge in [-0.3, -0.25) is 4.79 Å². The highest BCUT2D eigenvalue weighted by molar-refractivity contribution is 6.10. The van der Waals surface area contributed by atoms with Crippen LogP contribution in [0.1, 0.15) is 42.4 Å². The van der Waals surface area contributed by atoms with Gasteiger partial charge in [0.1, 0.15) is 0 Å². The van der Waals surface area contributed by atoms with Crippen LogP contribution in [0.5, 0.6) is 0 Å². The van der Waals surface area contributed by atoms with E-state index in [2.05, 4.69) is 30.1 Å². The number of carbonyl (C=O) groups is 1. The molecule has 0 atom stereocenters. The van der Waals surface area contributed by atoms with Crippen molar-refractivity contribution in [3.8, 4) is 0 Å². The summed E-state index contributed by atoms with van der Waals surface area (Å²) in [5.41, 5.74) is 4.18. The first-order chi connectivity index (χ1) is 8.04. The molecule has 0 radical (unpaired) electrons. The molecule has 2 rings (SSSR count). The van der Waals surface area contributed by atoms with Crippen molar-refractivity contribution >= 4 is 16.7 Å². The Morgan fingerprint density at radius 1 is 1.35 bits per heavy atom. The van der Waals surface area contributed by atoms with E-state index in [1.807, 2.05) is 20.8 Å². The Morgan fingerprint density at radius 2 is 2.06 bits per heavy atom. The van der Waals surface area contributed by atoms with Crippen LogP contribution in [-0.4, -0.2) is 10.8 Å². The summed E-state index contributed by atoms with van der Waals surface area (Å²) < 4.78 is 0. The number of aromatic amines is 1. The second-order valence-corrected chi connectivity index (χ2v) is 4.88. The standard InChI is InChI=1S/C15H19NO/c1-5-11-6-7-13-12(8-11)14(10(4)16-13)15(17)9(2)3/h6-9,16H,5H2,1-4H3. The molecule has 2 nitrogen and oxygen atoms in total. The lowest BCUT2D eigenvalue weighted by atomic mass is 9.97. The minimum atomic E-state index is 0.0398. The van der Waals surface area contributed by atoms with Crippen molar-refractivity contribution in [3.05, 3.63) is 35.0 Å². The molecule has 1 aromatic heterocycles. The van der Waals surface area contributed by atoms with E-state index in [0.717, 1.165) is 28.6 Å². The summed E-state index contributed by atoms with van der Waals surface area (Å²) in [5.74, 6) is 0.264. The Bertz CT molecular complexity index is 564. The Labute approximate surface area is 102 Å². The molecule has 1 aromatic carbocycles. The van der Waals surface area contributed by atoms with Crippen molar-refractivity contribution in [2.45, 2.75) is 34.1 Å². The number of aromatic nitrogens is 1. The fourth-order valence-electron chi connectivity index (χ4n) is 2.20. The maximum Gasteiger partial charge on any atom is 0.167 e. The first-order valence-corrected chi connectivity index (χ1v) is 6.20. The minimum Gasteiger partial charge on any atom is -0.358 e. The molecule has 0 unspecified atom stereocenters. The average molecular weight is 229 g/mol. The molecule has 90 valence electrons. The molecule has 0 spiro atoms. The van der Waals surface area contributed by atoms with Gasteiger partial charge in [0.05, 0.1) is 0 Å². The third-order valence-electron chi connectivity index (χ3n) is 3.23. The SMILES string of the molecule is CCc1ccc2[nH]c(C)c(C(=O)C(C)C)c2c1. The fraction of sp³-hybridized carbons (Fsp3) is 0.400. The van der Waals surface area contributed by atoms with Gasteiger partial charge in [0.15, 0.2) is 5.78 Å². The monoisotopic (exact) mass is 229 g/mol. The van der Waals surface area contributed by atoms with Crippen LogP contribution in [-0.2, 0) is 6.42 Å². The van der Waals surface area contributed by atoms with Gasteiger partial charge in [-0.25, -0.2) is 0 Å². The van der Waals surface area contributed by atoms with Crippen LogP contribution in [0.3, 0.4) is 0 Å². The van der Waals surface area contributed by atoms with Gasteiger partial charge in [-0.15, -0.1) is 0 Å². The molecule has 0 bridgehead atoms. The van der Waals surface area contributed by atoms with Crippen LogP contribution < -0.4 is 0 Å². The summed E-state index contributed by atoms with van der Waals surface area (Å²) >= 11 is 0. The van der Waals surface area contributed by atoms with Gasteiger partial charge in [-0.2, -0.15) is 0 Å². The topological polar surface area (TPSA) is 32.9 Å². The number of Topliss-reactive ketones (excluding diaryl/α,β-unsaturated/α-hetero) is 1. The van der Waals surface area contributed by atoms with Gasteiger partial charge in [0.2, 0.25) is 0 Å². The van der Waals surface area contributed by atoms with Gasteiger partial charge in [0.25, 0.3) is 0 Å². The van der Waals surface area contributed by atoms with Crippen molar-refractivity contribution in [2.75, 3.05) is 0 Å². The summed E-state index contributed by atoms with van der Waals surface area (Å²) in [5, 5.41) is 1.07. The molecule has 2 aromatic rings. The van der Waals surface area contributed by atoms with E-state index in [4.69, 9.17) is 0 Å². The van der Waals surface area contributed by atoms with E-state index in [9.17, 15) is 4.79 Å². The van der Waals surface area contributed by atoms with E-state index in [-0.39, 0.29) is 11.7 Å². The predicted octanol–water partition coefficient (Wildman–Crippen LogP) is 3.88. The summed E-state index contributed by atoms with van der Waals surface area (Å²) in [4.78, 5) is 15.5. The maximum absolute atomic E-state index is 12.2. The number of benzene rings is 1. The molecule has 0 aliphatic heterocycles. The second-order valence-electron chi connectivity index (χ2n) is 4.88. The predicted molar refractivity (Wildman–Crippen MR) is 71.6 cm³/mol. The lowest BCUT2D eigenvalue weighted by Crippen LogP contribution is -2.08. The van der Waals surface area contributed by atoms with E-state index in [1.165, 1.54) is 5.56 Å². The first kappa shape index (κ1) is 11.9. The largest absolute Gasteiger partial charge is 0.358 e. The highest BCUT2D eigenvalue weighted by atomic mass is 16.1. The highest BCUT2D eigenvalue weighted by Gasteiger charge is 2.18. The second kappa shape index (κ2) is 4.36. The molecule has 1 heterocycles. The van der Waals surface area contributed by atoms with Crippen molar-refractivity contribution in [1.82, 2.24) is 4.98 Å². The molecule has 2 heteroatoms. The summed E-state index contributed by atoms with van der Waals surface area (Å²) in [6.45, 7) is 8.00. The minimum absolute atomic E-state index is 0.0398. The molecule has 0 amide bonds. The van der Waals surface area contributed by atoms with Crippen molar-refractivity contribution in [2.24, 2.45) is 5.92 Å². The number of hydrogen-bond acceptors (Lipinski definition) is 1. The van der Waals surface area contributed by atoms with E-state index >= 15 is 0 Å². The van der Waals surface area contributed by atoms with Gasteiger partial charge < -0.3 is 4.98 Å². The highest BCUT2D eigenvalue weighted by Crippen LogP contribution is 2.26. The number of rotatable bonds is 3. The first-order valence-electron chi connectivity index (χ1n) is 6.20. The number of aryl methyl sites for hydroxylation is 2. The number of nitrogens with one attached hydrogen (secondary N) is 1. The van der Waals surface area contributed by atoms with Crippen LogP contribution in [0.25, 0.3) is 10.9 Å². The molecule has 17 heavy (non-hydrogen) atoms. The third kappa shape index (κ3) is 1.99. The Morgan fingerprint density at radius 3 is 2.65 bits per heavy atom. The number of fused-ring (bicyclic) bond motifs is 1. The van der Waals surface area contributed by atoms with Gasteiger partial charge >= 0.3 is 0 Å². The molecule has 0 aliphatic rings. The number of H-pyrrole nitrogens is 1. The zero-order valence-corrected chi connectivity index (χ0v) is 10.9. The van der Waals surface area contributed by atoms with Crippen LogP contribution >= 0.6 is 0 Å². The molecular formula is C15H19NO. The molecule has 0 aliphatic carbocycles.